The van der Waals surface area contributed by atoms with Gasteiger partial charge in [-0.3, -0.25) is 40.5 Å². The Bertz CT molecular complexity index is 476. The molecular weight excluding hydrogens is 306 g/mol. The van der Waals surface area contributed by atoms with Crippen LogP contribution in [0.1, 0.15) is 13.8 Å². The molecule has 0 aliphatic carbocycles. The van der Waals surface area contributed by atoms with Crippen molar-refractivity contribution < 1.29 is 19.7 Å². The molecule has 0 amide bonds. The highest BCUT2D eigenvalue weighted by atomic mass is 35.5. The number of hydrogen-bond acceptors (Lipinski definition) is 9. The van der Waals surface area contributed by atoms with E-state index in [-0.39, 0.29) is 0 Å². The molecular formula is C6H8ClN5O8. The highest BCUT2D eigenvalue weighted by Crippen LogP contribution is 2.18. The van der Waals surface area contributed by atoms with E-state index in [1.807, 2.05) is 0 Å². The average molecular weight is 314 g/mol. The molecule has 0 fully saturated rings. The first-order chi connectivity index (χ1) is 8.90. The van der Waals surface area contributed by atoms with Gasteiger partial charge >= 0.3 is 11.3 Å². The van der Waals surface area contributed by atoms with E-state index in [2.05, 4.69) is 4.99 Å². The summed E-state index contributed by atoms with van der Waals surface area (Å²) in [4.78, 5) is 40.2. The van der Waals surface area contributed by atoms with Crippen molar-refractivity contribution in [2.75, 3.05) is 6.54 Å². The first-order valence-electron chi connectivity index (χ1n) is 4.69. The summed E-state index contributed by atoms with van der Waals surface area (Å²) in [6.45, 7) is -0.0894. The van der Waals surface area contributed by atoms with Crippen molar-refractivity contribution in [2.24, 2.45) is 4.99 Å². The van der Waals surface area contributed by atoms with Crippen LogP contribution >= 0.6 is 11.6 Å². The second-order valence-electron chi connectivity index (χ2n) is 3.87. The minimum absolute atomic E-state index is 0.508. The number of nitro groups is 4. The fourth-order valence-corrected chi connectivity index (χ4v) is 0.966. The highest BCUT2D eigenvalue weighted by molar-refractivity contribution is 6.67. The third-order valence-electron chi connectivity index (χ3n) is 2.41. The van der Waals surface area contributed by atoms with Gasteiger partial charge in [0.1, 0.15) is 19.7 Å². The molecule has 0 N–H and O–H groups in total. The zero-order valence-electron chi connectivity index (χ0n) is 10.1. The van der Waals surface area contributed by atoms with Crippen LogP contribution in [0.5, 0.6) is 0 Å². The molecule has 0 saturated carbocycles. The molecule has 0 heterocycles. The molecule has 0 atom stereocenters. The van der Waals surface area contributed by atoms with Gasteiger partial charge < -0.3 is 0 Å². The Labute approximate surface area is 114 Å². The molecule has 0 aromatic heterocycles. The summed E-state index contributed by atoms with van der Waals surface area (Å²) in [5.74, 6) is 0. The molecule has 0 spiro atoms. The van der Waals surface area contributed by atoms with Crippen LogP contribution < -0.4 is 0 Å². The average Bonchev–Trinajstić information content (AvgIpc) is 2.32. The van der Waals surface area contributed by atoms with Gasteiger partial charge in [0.25, 0.3) is 5.17 Å². The Morgan fingerprint density at radius 3 is 1.55 bits per heavy atom. The summed E-state index contributed by atoms with van der Waals surface area (Å²) >= 11 is 5.31. The molecule has 0 rings (SSSR count). The maximum Gasteiger partial charge on any atom is 0.507 e. The molecule has 0 aromatic rings. The molecule has 112 valence electrons. The first kappa shape index (κ1) is 17.6. The topological polar surface area (TPSA) is 185 Å². The first-order valence-corrected chi connectivity index (χ1v) is 5.07. The lowest BCUT2D eigenvalue weighted by atomic mass is 10.2. The molecule has 0 aliphatic heterocycles. The van der Waals surface area contributed by atoms with Crippen LogP contribution in [0.25, 0.3) is 0 Å². The monoisotopic (exact) mass is 313 g/mol. The summed E-state index contributed by atoms with van der Waals surface area (Å²) in [5.41, 5.74) is -5.83. The fourth-order valence-electron chi connectivity index (χ4n) is 0.768. The normalized spacial score (nSPS) is 12.8. The molecule has 0 aromatic carbocycles. The van der Waals surface area contributed by atoms with Gasteiger partial charge in [0.05, 0.1) is 13.8 Å². The van der Waals surface area contributed by atoms with Crippen molar-refractivity contribution in [3.05, 3.63) is 40.5 Å². The van der Waals surface area contributed by atoms with Gasteiger partial charge in [-0.1, -0.05) is 11.6 Å². The van der Waals surface area contributed by atoms with Crippen LogP contribution in [0, 0.1) is 40.5 Å². The lowest BCUT2D eigenvalue weighted by Gasteiger charge is -2.12. The Morgan fingerprint density at radius 1 is 0.950 bits per heavy atom. The van der Waals surface area contributed by atoms with Crippen molar-refractivity contribution in [2.45, 2.75) is 25.2 Å². The van der Waals surface area contributed by atoms with Crippen LogP contribution in [-0.2, 0) is 0 Å². The third-order valence-corrected chi connectivity index (χ3v) is 2.88. The molecule has 13 nitrogen and oxygen atoms in total. The van der Waals surface area contributed by atoms with Crippen LogP contribution in [0.2, 0.25) is 0 Å². The molecule has 14 heteroatoms. The molecule has 0 radical (unpaired) electrons. The number of hydrogen-bond donors (Lipinski definition) is 0. The number of nitrogens with zero attached hydrogens (tertiary/aromatic N) is 5. The lowest BCUT2D eigenvalue weighted by molar-refractivity contribution is -0.788. The van der Waals surface area contributed by atoms with E-state index in [9.17, 15) is 40.5 Å². The summed E-state index contributed by atoms with van der Waals surface area (Å²) in [6, 6.07) is 0. The quantitative estimate of drug-likeness (QED) is 0.275. The van der Waals surface area contributed by atoms with Crippen LogP contribution in [0.15, 0.2) is 4.99 Å². The van der Waals surface area contributed by atoms with Crippen LogP contribution in [0.3, 0.4) is 0 Å². The Balaban J connectivity index is 5.56. The molecule has 0 bridgehead atoms. The van der Waals surface area contributed by atoms with E-state index in [4.69, 9.17) is 11.6 Å². The van der Waals surface area contributed by atoms with Gasteiger partial charge in [0, 0.05) is 0 Å². The van der Waals surface area contributed by atoms with Crippen molar-refractivity contribution in [3.8, 4) is 0 Å². The third kappa shape index (κ3) is 2.93. The van der Waals surface area contributed by atoms with Crippen molar-refractivity contribution in [1.82, 2.24) is 0 Å². The smallest absolute Gasteiger partial charge is 0.258 e. The maximum atomic E-state index is 10.6. The van der Waals surface area contributed by atoms with Crippen molar-refractivity contribution in [3.63, 3.8) is 0 Å². The van der Waals surface area contributed by atoms with Gasteiger partial charge in [0.15, 0.2) is 6.54 Å². The van der Waals surface area contributed by atoms with E-state index in [1.54, 1.807) is 0 Å². The van der Waals surface area contributed by atoms with Gasteiger partial charge in [-0.2, -0.15) is 0 Å². The van der Waals surface area contributed by atoms with Gasteiger partial charge in [0.2, 0.25) is 0 Å². The van der Waals surface area contributed by atoms with Gasteiger partial charge in [-0.15, -0.1) is 0 Å². The van der Waals surface area contributed by atoms with Crippen LogP contribution in [0.4, 0.5) is 0 Å². The minimum atomic E-state index is -3.03. The zero-order chi connectivity index (χ0) is 16.3. The Hall–Kier alpha value is -2.44. The standard InChI is InChI=1S/C6H8ClN5O8/c1-5(9(13)14,10(15)16)3-8-4(7)6(2,11(17)18)12(19)20/h3H2,1-2H3. The second kappa shape index (κ2) is 5.68. The van der Waals surface area contributed by atoms with E-state index in [1.165, 1.54) is 0 Å². The molecule has 0 saturated heterocycles. The van der Waals surface area contributed by atoms with Gasteiger partial charge in [-0.05, 0) is 0 Å². The number of halogens is 1. The predicted molar refractivity (Wildman–Crippen MR) is 62.9 cm³/mol. The second-order valence-corrected chi connectivity index (χ2v) is 4.23. The molecule has 0 unspecified atom stereocenters. The summed E-state index contributed by atoms with van der Waals surface area (Å²) < 4.78 is 0. The largest absolute Gasteiger partial charge is 0.507 e. The zero-order valence-corrected chi connectivity index (χ0v) is 10.8. The Kier molecular flexibility index (Phi) is 4.99. The fraction of sp³-hybridized carbons (Fsp3) is 0.833. The van der Waals surface area contributed by atoms with E-state index < -0.39 is 42.7 Å². The minimum Gasteiger partial charge on any atom is -0.258 e. The van der Waals surface area contributed by atoms with Crippen molar-refractivity contribution in [1.29, 1.82) is 0 Å². The van der Waals surface area contributed by atoms with E-state index in [0.717, 1.165) is 0 Å². The van der Waals surface area contributed by atoms with Gasteiger partial charge in [-0.25, -0.2) is 4.99 Å². The van der Waals surface area contributed by atoms with Crippen molar-refractivity contribution >= 4 is 16.8 Å². The lowest BCUT2D eigenvalue weighted by Crippen LogP contribution is -2.50. The van der Waals surface area contributed by atoms with E-state index in [0.29, 0.717) is 13.8 Å². The highest BCUT2D eigenvalue weighted by Gasteiger charge is 2.57. The van der Waals surface area contributed by atoms with E-state index >= 15 is 0 Å². The maximum absolute atomic E-state index is 10.6. The number of aliphatic imine (C=N–C) groups is 1. The Morgan fingerprint density at radius 2 is 1.30 bits per heavy atom. The summed E-state index contributed by atoms with van der Waals surface area (Å²) in [7, 11) is 0. The summed E-state index contributed by atoms with van der Waals surface area (Å²) in [5, 5.41) is 41.2. The number of rotatable bonds is 7. The summed E-state index contributed by atoms with van der Waals surface area (Å²) in [6.07, 6.45) is 0. The predicted octanol–water partition coefficient (Wildman–Crippen LogP) is 0.163. The molecule has 20 heavy (non-hydrogen) atoms. The molecule has 0 aliphatic rings. The van der Waals surface area contributed by atoms with Crippen LogP contribution in [-0.4, -0.2) is 42.7 Å². The SMILES string of the molecule is CC(CN=C(Cl)C(C)([N+](=O)[O-])[N+](=O)[O-])([N+](=O)[O-])[N+](=O)[O-].